The minimum absolute atomic E-state index is 0.445. The van der Waals surface area contributed by atoms with Crippen molar-refractivity contribution in [3.63, 3.8) is 0 Å². The molecule has 0 saturated carbocycles. The van der Waals surface area contributed by atoms with Crippen LogP contribution in [0.3, 0.4) is 0 Å². The smallest absolute Gasteiger partial charge is 0.396 e. The lowest BCUT2D eigenvalue weighted by Crippen LogP contribution is -2.17. The lowest BCUT2D eigenvalue weighted by molar-refractivity contribution is -0.144. The van der Waals surface area contributed by atoms with Gasteiger partial charge in [0.15, 0.2) is 0 Å². The predicted octanol–water partition coefficient (Wildman–Crippen LogP) is 3.06. The summed E-state index contributed by atoms with van der Waals surface area (Å²) < 4.78 is 74.8. The molecular formula is C10H7F6O. The summed E-state index contributed by atoms with van der Waals surface area (Å²) in [7, 11) is 0. The van der Waals surface area contributed by atoms with Crippen LogP contribution in [0.4, 0.5) is 26.3 Å². The van der Waals surface area contributed by atoms with E-state index < -0.39 is 42.1 Å². The first-order chi connectivity index (χ1) is 7.68. The van der Waals surface area contributed by atoms with E-state index >= 15 is 0 Å². The molecule has 0 atom stereocenters. The van der Waals surface area contributed by atoms with E-state index in [1.165, 1.54) is 0 Å². The summed E-state index contributed by atoms with van der Waals surface area (Å²) in [6.07, 6.45) is -10.5. The Kier molecular flexibility index (Phi) is 3.71. The fourth-order valence-corrected chi connectivity index (χ4v) is 1.41. The van der Waals surface area contributed by atoms with Crippen molar-refractivity contribution in [1.82, 2.24) is 0 Å². The molecule has 1 N–H and O–H groups in total. The van der Waals surface area contributed by atoms with Crippen LogP contribution in [0.5, 0.6) is 0 Å². The van der Waals surface area contributed by atoms with Gasteiger partial charge in [-0.05, 0) is 30.2 Å². The van der Waals surface area contributed by atoms with E-state index in [-0.39, 0.29) is 0 Å². The molecule has 95 valence electrons. The number of aliphatic hydroxyl groups is 1. The van der Waals surface area contributed by atoms with E-state index in [1.54, 1.807) is 0 Å². The summed E-state index contributed by atoms with van der Waals surface area (Å²) in [5, 5.41) is 8.56. The van der Waals surface area contributed by atoms with Crippen LogP contribution in [0.1, 0.15) is 16.7 Å². The second kappa shape index (κ2) is 4.56. The monoisotopic (exact) mass is 257 g/mol. The molecule has 0 amide bonds. The maximum absolute atomic E-state index is 12.5. The first-order valence-corrected chi connectivity index (χ1v) is 4.46. The molecule has 1 aromatic carbocycles. The summed E-state index contributed by atoms with van der Waals surface area (Å²) in [6, 6.07) is 2.71. The SMILES string of the molecule is OCCc1c(C(F)(F)F)c[c]cc1C(F)(F)F. The molecule has 1 aromatic rings. The standard InChI is InChI=1S/C10H7F6O/c11-9(12,13)7-2-1-3-8(10(14,15)16)6(7)4-5-17/h2-3,17H,4-5H2. The Morgan fingerprint density at radius 3 is 1.65 bits per heavy atom. The Labute approximate surface area is 92.7 Å². The van der Waals surface area contributed by atoms with Crippen molar-refractivity contribution in [3.05, 3.63) is 34.9 Å². The molecule has 0 unspecified atom stereocenters. The highest BCUT2D eigenvalue weighted by atomic mass is 19.4. The zero-order valence-electron chi connectivity index (χ0n) is 8.28. The minimum Gasteiger partial charge on any atom is -0.396 e. The Hall–Kier alpha value is -1.24. The molecular weight excluding hydrogens is 250 g/mol. The normalized spacial score (nSPS) is 12.9. The number of rotatable bonds is 2. The van der Waals surface area contributed by atoms with Gasteiger partial charge < -0.3 is 5.11 Å². The van der Waals surface area contributed by atoms with Gasteiger partial charge in [-0.3, -0.25) is 0 Å². The molecule has 0 aliphatic heterocycles. The van der Waals surface area contributed by atoms with E-state index in [4.69, 9.17) is 5.11 Å². The number of halogens is 6. The zero-order valence-corrected chi connectivity index (χ0v) is 8.28. The number of aliphatic hydroxyl groups excluding tert-OH is 1. The maximum Gasteiger partial charge on any atom is 0.416 e. The van der Waals surface area contributed by atoms with Crippen LogP contribution in [0.2, 0.25) is 0 Å². The molecule has 0 aromatic heterocycles. The predicted molar refractivity (Wildman–Crippen MR) is 46.1 cm³/mol. The van der Waals surface area contributed by atoms with Crippen molar-refractivity contribution in [2.45, 2.75) is 18.8 Å². The lowest BCUT2D eigenvalue weighted by Gasteiger charge is -2.17. The van der Waals surface area contributed by atoms with Crippen molar-refractivity contribution in [2.24, 2.45) is 0 Å². The van der Waals surface area contributed by atoms with E-state index in [1.807, 2.05) is 6.07 Å². The van der Waals surface area contributed by atoms with Crippen LogP contribution >= 0.6 is 0 Å². The highest BCUT2D eigenvalue weighted by Gasteiger charge is 2.40. The summed E-state index contributed by atoms with van der Waals surface area (Å²) in [4.78, 5) is 0. The number of hydrogen-bond acceptors (Lipinski definition) is 1. The van der Waals surface area contributed by atoms with Crippen molar-refractivity contribution in [1.29, 1.82) is 0 Å². The maximum atomic E-state index is 12.5. The highest BCUT2D eigenvalue weighted by Crippen LogP contribution is 2.39. The molecule has 0 aliphatic carbocycles. The van der Waals surface area contributed by atoms with Gasteiger partial charge in [0.05, 0.1) is 11.1 Å². The van der Waals surface area contributed by atoms with Crippen molar-refractivity contribution < 1.29 is 31.4 Å². The van der Waals surface area contributed by atoms with Gasteiger partial charge in [0.25, 0.3) is 0 Å². The molecule has 1 radical (unpaired) electrons. The summed E-state index contributed by atoms with van der Waals surface area (Å²) in [6.45, 7) is -0.795. The third-order valence-corrected chi connectivity index (χ3v) is 2.08. The third kappa shape index (κ3) is 3.12. The molecule has 17 heavy (non-hydrogen) atoms. The van der Waals surface area contributed by atoms with Gasteiger partial charge in [0, 0.05) is 6.61 Å². The minimum atomic E-state index is -4.90. The van der Waals surface area contributed by atoms with Gasteiger partial charge in [0.2, 0.25) is 0 Å². The average molecular weight is 257 g/mol. The van der Waals surface area contributed by atoms with Gasteiger partial charge in [0.1, 0.15) is 0 Å². The van der Waals surface area contributed by atoms with Crippen LogP contribution in [0.25, 0.3) is 0 Å². The molecule has 0 spiro atoms. The second-order valence-electron chi connectivity index (χ2n) is 3.23. The summed E-state index contributed by atoms with van der Waals surface area (Å²) in [5.74, 6) is 0. The third-order valence-electron chi connectivity index (χ3n) is 2.08. The first-order valence-electron chi connectivity index (χ1n) is 4.46. The quantitative estimate of drug-likeness (QED) is 0.807. The topological polar surface area (TPSA) is 20.2 Å². The second-order valence-corrected chi connectivity index (χ2v) is 3.23. The van der Waals surface area contributed by atoms with Crippen molar-refractivity contribution in [2.75, 3.05) is 6.61 Å². The van der Waals surface area contributed by atoms with Crippen LogP contribution < -0.4 is 0 Å². The molecule has 7 heteroatoms. The zero-order chi connectivity index (χ0) is 13.3. The van der Waals surface area contributed by atoms with Crippen LogP contribution in [-0.4, -0.2) is 11.7 Å². The Morgan fingerprint density at radius 2 is 1.35 bits per heavy atom. The molecule has 0 aliphatic rings. The lowest BCUT2D eigenvalue weighted by atomic mass is 9.97. The molecule has 0 bridgehead atoms. The Morgan fingerprint density at radius 1 is 0.941 bits per heavy atom. The van der Waals surface area contributed by atoms with E-state index in [9.17, 15) is 26.3 Å². The molecule has 0 fully saturated rings. The molecule has 0 saturated heterocycles. The summed E-state index contributed by atoms with van der Waals surface area (Å²) >= 11 is 0. The molecule has 0 heterocycles. The van der Waals surface area contributed by atoms with Gasteiger partial charge in [-0.15, -0.1) is 0 Å². The van der Waals surface area contributed by atoms with E-state index in [0.717, 1.165) is 0 Å². The van der Waals surface area contributed by atoms with Crippen LogP contribution in [0, 0.1) is 6.07 Å². The number of alkyl halides is 6. The van der Waals surface area contributed by atoms with Crippen molar-refractivity contribution in [3.8, 4) is 0 Å². The summed E-state index contributed by atoms with van der Waals surface area (Å²) in [5.41, 5.74) is -3.78. The Balaban J connectivity index is 3.43. The number of benzene rings is 1. The van der Waals surface area contributed by atoms with Gasteiger partial charge in [-0.25, -0.2) is 0 Å². The van der Waals surface area contributed by atoms with Gasteiger partial charge in [-0.1, -0.05) is 0 Å². The molecule has 1 nitrogen and oxygen atoms in total. The highest BCUT2D eigenvalue weighted by molar-refractivity contribution is 5.38. The van der Waals surface area contributed by atoms with Crippen molar-refractivity contribution >= 4 is 0 Å². The van der Waals surface area contributed by atoms with Crippen LogP contribution in [0.15, 0.2) is 12.1 Å². The van der Waals surface area contributed by atoms with E-state index in [2.05, 4.69) is 0 Å². The van der Waals surface area contributed by atoms with Gasteiger partial charge in [-0.2, -0.15) is 26.3 Å². The van der Waals surface area contributed by atoms with E-state index in [0.29, 0.717) is 12.1 Å². The van der Waals surface area contributed by atoms with Gasteiger partial charge >= 0.3 is 12.4 Å². The molecule has 1 rings (SSSR count). The fraction of sp³-hybridized carbons (Fsp3) is 0.400. The fourth-order valence-electron chi connectivity index (χ4n) is 1.41. The van der Waals surface area contributed by atoms with Crippen LogP contribution in [-0.2, 0) is 18.8 Å². The Bertz CT molecular complexity index is 361. The number of hydrogen-bond donors (Lipinski definition) is 1. The average Bonchev–Trinajstić information content (AvgIpc) is 2.15. The first kappa shape index (κ1) is 13.8. The largest absolute Gasteiger partial charge is 0.416 e.